The minimum atomic E-state index is -0.318. The first-order chi connectivity index (χ1) is 5.36. The number of hydrogen-bond acceptors (Lipinski definition) is 1. The first-order valence-corrected chi connectivity index (χ1v) is 4.32. The summed E-state index contributed by atoms with van der Waals surface area (Å²) >= 11 is 1.44. The highest BCUT2D eigenvalue weighted by Crippen LogP contribution is 2.12. The number of pyridine rings is 1. The molecular formula is C8H10FNS+. The van der Waals surface area contributed by atoms with E-state index in [2.05, 4.69) is 6.26 Å². The topological polar surface area (TPSA) is 3.88 Å². The van der Waals surface area contributed by atoms with Gasteiger partial charge in [-0.15, -0.1) is 11.8 Å². The minimum absolute atomic E-state index is 0.318. The molecule has 0 spiro atoms. The lowest BCUT2D eigenvalue weighted by atomic mass is 10.5. The average Bonchev–Trinajstić information content (AvgIpc) is 2.07. The van der Waals surface area contributed by atoms with Crippen molar-refractivity contribution in [2.45, 2.75) is 11.4 Å². The molecule has 1 radical (unpaired) electrons. The van der Waals surface area contributed by atoms with Crippen LogP contribution in [0.3, 0.4) is 0 Å². The number of nitrogens with zero attached hydrogens (tertiary/aromatic N) is 1. The Morgan fingerprint density at radius 2 is 2.09 bits per heavy atom. The molecule has 1 aromatic rings. The van der Waals surface area contributed by atoms with Crippen LogP contribution in [0.5, 0.6) is 0 Å². The van der Waals surface area contributed by atoms with Crippen LogP contribution in [0.1, 0.15) is 0 Å². The number of alkyl halides is 1. The Hall–Kier alpha value is -0.570. The summed E-state index contributed by atoms with van der Waals surface area (Å²) in [6, 6.07) is 3.85. The Labute approximate surface area is 70.2 Å². The van der Waals surface area contributed by atoms with Gasteiger partial charge in [-0.2, -0.15) is 0 Å². The molecule has 0 unspecified atom stereocenters. The number of aryl methyl sites for hydroxylation is 1. The zero-order chi connectivity index (χ0) is 8.10. The van der Waals surface area contributed by atoms with Crippen LogP contribution in [0.4, 0.5) is 4.39 Å². The van der Waals surface area contributed by atoms with E-state index in [1.807, 2.05) is 24.5 Å². The number of rotatable bonds is 3. The lowest BCUT2D eigenvalue weighted by molar-refractivity contribution is -0.697. The predicted octanol–water partition coefficient (Wildman–Crippen LogP) is 1.83. The minimum Gasteiger partial charge on any atom is -0.244 e. The second kappa shape index (κ2) is 4.34. The summed E-state index contributed by atoms with van der Waals surface area (Å²) in [6.07, 6.45) is 7.37. The van der Waals surface area contributed by atoms with Gasteiger partial charge in [0.15, 0.2) is 18.9 Å². The van der Waals surface area contributed by atoms with Crippen molar-refractivity contribution in [2.75, 3.05) is 6.67 Å². The van der Waals surface area contributed by atoms with E-state index in [-0.39, 0.29) is 6.67 Å². The molecule has 1 rings (SSSR count). The maximum absolute atomic E-state index is 11.8. The van der Waals surface area contributed by atoms with Crippen molar-refractivity contribution in [2.24, 2.45) is 0 Å². The van der Waals surface area contributed by atoms with Gasteiger partial charge in [0.25, 0.3) is 0 Å². The highest BCUT2D eigenvalue weighted by Gasteiger charge is 1.97. The Balaban J connectivity index is 2.66. The average molecular weight is 171 g/mol. The summed E-state index contributed by atoms with van der Waals surface area (Å²) in [5.74, 6) is 0. The maximum atomic E-state index is 11.8. The third-order valence-corrected chi connectivity index (χ3v) is 1.98. The first kappa shape index (κ1) is 8.53. The van der Waals surface area contributed by atoms with Crippen LogP contribution in [0, 0.1) is 6.26 Å². The molecule has 1 heterocycles. The molecule has 3 heteroatoms. The van der Waals surface area contributed by atoms with Crippen LogP contribution < -0.4 is 4.57 Å². The van der Waals surface area contributed by atoms with Crippen molar-refractivity contribution in [1.82, 2.24) is 0 Å². The second-order valence-electron chi connectivity index (χ2n) is 2.10. The van der Waals surface area contributed by atoms with Crippen LogP contribution in [0.2, 0.25) is 0 Å². The summed E-state index contributed by atoms with van der Waals surface area (Å²) in [4.78, 5) is 1.10. The first-order valence-electron chi connectivity index (χ1n) is 3.34. The highest BCUT2D eigenvalue weighted by atomic mass is 32.2. The lowest BCUT2D eigenvalue weighted by Crippen LogP contribution is -2.33. The van der Waals surface area contributed by atoms with E-state index >= 15 is 0 Å². The SMILES string of the molecule is [CH2]Sc1cc[n+](CCF)cc1. The van der Waals surface area contributed by atoms with Crippen molar-refractivity contribution in [1.29, 1.82) is 0 Å². The van der Waals surface area contributed by atoms with Gasteiger partial charge < -0.3 is 0 Å². The molecule has 0 N–H and O–H groups in total. The van der Waals surface area contributed by atoms with E-state index in [1.165, 1.54) is 11.8 Å². The third-order valence-electron chi connectivity index (χ3n) is 1.37. The summed E-state index contributed by atoms with van der Waals surface area (Å²) in [5, 5.41) is 0. The quantitative estimate of drug-likeness (QED) is 0.495. The number of thioether (sulfide) groups is 1. The molecule has 0 bridgehead atoms. The van der Waals surface area contributed by atoms with Crippen LogP contribution in [-0.4, -0.2) is 6.67 Å². The van der Waals surface area contributed by atoms with E-state index in [4.69, 9.17) is 0 Å². The molecule has 0 saturated carbocycles. The molecule has 0 saturated heterocycles. The zero-order valence-electron chi connectivity index (χ0n) is 6.16. The highest BCUT2D eigenvalue weighted by molar-refractivity contribution is 8.00. The van der Waals surface area contributed by atoms with Crippen molar-refractivity contribution >= 4 is 11.8 Å². The van der Waals surface area contributed by atoms with Crippen LogP contribution in [-0.2, 0) is 6.54 Å². The molecular weight excluding hydrogens is 161 g/mol. The molecule has 0 amide bonds. The normalized spacial score (nSPS) is 10.0. The summed E-state index contributed by atoms with van der Waals surface area (Å²) in [5.41, 5.74) is 0. The van der Waals surface area contributed by atoms with Gasteiger partial charge in [0, 0.05) is 23.3 Å². The van der Waals surface area contributed by atoms with Gasteiger partial charge in [-0.25, -0.2) is 8.96 Å². The fourth-order valence-corrected chi connectivity index (χ4v) is 1.10. The van der Waals surface area contributed by atoms with E-state index in [0.717, 1.165) is 4.90 Å². The Bertz CT molecular complexity index is 210. The van der Waals surface area contributed by atoms with E-state index in [0.29, 0.717) is 6.54 Å². The largest absolute Gasteiger partial charge is 0.244 e. The number of hydrogen-bond donors (Lipinski definition) is 0. The fraction of sp³-hybridized carbons (Fsp3) is 0.250. The molecule has 11 heavy (non-hydrogen) atoms. The summed E-state index contributed by atoms with van der Waals surface area (Å²) in [7, 11) is 0. The molecule has 0 fully saturated rings. The lowest BCUT2D eigenvalue weighted by Gasteiger charge is -1.93. The second-order valence-corrected chi connectivity index (χ2v) is 2.87. The van der Waals surface area contributed by atoms with E-state index < -0.39 is 0 Å². The number of aromatic nitrogens is 1. The van der Waals surface area contributed by atoms with E-state index in [9.17, 15) is 4.39 Å². The molecule has 0 atom stereocenters. The van der Waals surface area contributed by atoms with Gasteiger partial charge >= 0.3 is 0 Å². The molecule has 1 aromatic heterocycles. The summed E-state index contributed by atoms with van der Waals surface area (Å²) < 4.78 is 13.6. The molecule has 1 nitrogen and oxygen atoms in total. The monoisotopic (exact) mass is 171 g/mol. The van der Waals surface area contributed by atoms with Crippen molar-refractivity contribution in [3.63, 3.8) is 0 Å². The molecule has 0 aromatic carbocycles. The Kier molecular flexibility index (Phi) is 3.36. The van der Waals surface area contributed by atoms with Crippen molar-refractivity contribution in [3.8, 4) is 0 Å². The van der Waals surface area contributed by atoms with Gasteiger partial charge in [-0.05, 0) is 0 Å². The van der Waals surface area contributed by atoms with Crippen molar-refractivity contribution < 1.29 is 8.96 Å². The molecule has 59 valence electrons. The molecule has 0 aliphatic heterocycles. The Morgan fingerprint density at radius 1 is 1.45 bits per heavy atom. The number of halogens is 1. The molecule has 0 aliphatic carbocycles. The van der Waals surface area contributed by atoms with Crippen LogP contribution in [0.25, 0.3) is 0 Å². The van der Waals surface area contributed by atoms with Gasteiger partial charge in [0.2, 0.25) is 0 Å². The fourth-order valence-electron chi connectivity index (χ4n) is 0.787. The van der Waals surface area contributed by atoms with Gasteiger partial charge in [-0.1, -0.05) is 0 Å². The predicted molar refractivity (Wildman–Crippen MR) is 43.8 cm³/mol. The smallest absolute Gasteiger partial charge is 0.176 e. The van der Waals surface area contributed by atoms with Gasteiger partial charge in [0.1, 0.15) is 6.67 Å². The van der Waals surface area contributed by atoms with E-state index in [1.54, 1.807) is 4.57 Å². The van der Waals surface area contributed by atoms with Crippen LogP contribution >= 0.6 is 11.8 Å². The Morgan fingerprint density at radius 3 is 2.55 bits per heavy atom. The summed E-state index contributed by atoms with van der Waals surface area (Å²) in [6.45, 7) is 0.115. The van der Waals surface area contributed by atoms with Gasteiger partial charge in [0.05, 0.1) is 0 Å². The molecule has 0 aliphatic rings. The van der Waals surface area contributed by atoms with Crippen LogP contribution in [0.15, 0.2) is 29.4 Å². The zero-order valence-corrected chi connectivity index (χ0v) is 6.98. The third kappa shape index (κ3) is 2.50. The van der Waals surface area contributed by atoms with Crippen molar-refractivity contribution in [3.05, 3.63) is 30.8 Å². The maximum Gasteiger partial charge on any atom is 0.176 e. The standard InChI is InChI=1S/C8H10FNS/c1-11-8-2-5-10(6-3-8)7-4-9/h2-3,5-6H,1,4,7H2/q+1. The van der Waals surface area contributed by atoms with Gasteiger partial charge in [-0.3, -0.25) is 0 Å².